The maximum absolute atomic E-state index is 11.9. The molecule has 16 heavy (non-hydrogen) atoms. The van der Waals surface area contributed by atoms with E-state index in [0.29, 0.717) is 11.5 Å². The average molecular weight is 285 g/mol. The maximum Gasteiger partial charge on any atom is 0.176 e. The van der Waals surface area contributed by atoms with Crippen molar-refractivity contribution < 1.29 is 14.3 Å². The van der Waals surface area contributed by atoms with Crippen molar-refractivity contribution >= 4 is 21.7 Å². The summed E-state index contributed by atoms with van der Waals surface area (Å²) < 4.78 is 10.4. The van der Waals surface area contributed by atoms with Gasteiger partial charge in [0, 0.05) is 5.56 Å². The van der Waals surface area contributed by atoms with E-state index in [9.17, 15) is 4.79 Å². The Labute approximate surface area is 103 Å². The maximum atomic E-state index is 11.9. The number of carbonyl (C=O) groups excluding carboxylic acids is 1. The van der Waals surface area contributed by atoms with Gasteiger partial charge in [0.05, 0.1) is 19.0 Å². The monoisotopic (exact) mass is 284 g/mol. The van der Waals surface area contributed by atoms with E-state index in [0.717, 1.165) is 24.0 Å². The van der Waals surface area contributed by atoms with E-state index in [4.69, 9.17) is 9.47 Å². The number of carbonyl (C=O) groups is 1. The summed E-state index contributed by atoms with van der Waals surface area (Å²) in [7, 11) is 3.17. The topological polar surface area (TPSA) is 35.5 Å². The molecule has 0 aliphatic heterocycles. The summed E-state index contributed by atoms with van der Waals surface area (Å²) in [4.78, 5) is 11.9. The van der Waals surface area contributed by atoms with Crippen LogP contribution >= 0.6 is 15.9 Å². The van der Waals surface area contributed by atoms with Crippen LogP contribution in [0.1, 0.15) is 22.3 Å². The second kappa shape index (κ2) is 4.45. The first-order valence-corrected chi connectivity index (χ1v) is 6.02. The van der Waals surface area contributed by atoms with Gasteiger partial charge in [-0.05, 0) is 30.5 Å². The van der Waals surface area contributed by atoms with E-state index >= 15 is 0 Å². The SMILES string of the molecule is COc1cc2c(cc1OC)C(=O)[C@@H](Br)CC2. The first-order valence-electron chi connectivity index (χ1n) is 5.10. The van der Waals surface area contributed by atoms with Crippen LogP contribution in [0, 0.1) is 0 Å². The summed E-state index contributed by atoms with van der Waals surface area (Å²) in [5.41, 5.74) is 1.78. The molecule has 0 spiro atoms. The summed E-state index contributed by atoms with van der Waals surface area (Å²) >= 11 is 3.38. The van der Waals surface area contributed by atoms with Gasteiger partial charge in [0.2, 0.25) is 0 Å². The number of ether oxygens (including phenoxy) is 2. The number of hydrogen-bond acceptors (Lipinski definition) is 3. The normalized spacial score (nSPS) is 19.2. The first kappa shape index (κ1) is 11.5. The number of Topliss-reactive ketones (excluding diaryl/α,β-unsaturated/α-hetero) is 1. The van der Waals surface area contributed by atoms with Crippen molar-refractivity contribution in [2.24, 2.45) is 0 Å². The van der Waals surface area contributed by atoms with Crippen LogP contribution in [-0.4, -0.2) is 24.8 Å². The molecule has 1 aliphatic carbocycles. The van der Waals surface area contributed by atoms with Gasteiger partial charge < -0.3 is 9.47 Å². The molecule has 1 atom stereocenters. The van der Waals surface area contributed by atoms with Crippen molar-refractivity contribution in [3.63, 3.8) is 0 Å². The Hall–Kier alpha value is -1.03. The third-order valence-corrected chi connectivity index (χ3v) is 3.70. The van der Waals surface area contributed by atoms with Crippen LogP contribution in [0.2, 0.25) is 0 Å². The largest absolute Gasteiger partial charge is 0.493 e. The molecule has 0 fully saturated rings. The van der Waals surface area contributed by atoms with Gasteiger partial charge in [-0.1, -0.05) is 15.9 Å². The highest BCUT2D eigenvalue weighted by Gasteiger charge is 2.26. The number of halogens is 1. The molecule has 0 amide bonds. The van der Waals surface area contributed by atoms with Gasteiger partial charge in [-0.2, -0.15) is 0 Å². The molecule has 0 aromatic heterocycles. The van der Waals surface area contributed by atoms with Crippen LogP contribution in [0.5, 0.6) is 11.5 Å². The van der Waals surface area contributed by atoms with Crippen molar-refractivity contribution in [2.45, 2.75) is 17.7 Å². The Morgan fingerprint density at radius 2 is 1.88 bits per heavy atom. The van der Waals surface area contributed by atoms with Crippen LogP contribution in [-0.2, 0) is 6.42 Å². The molecule has 0 bridgehead atoms. The number of aryl methyl sites for hydroxylation is 1. The van der Waals surface area contributed by atoms with Crippen LogP contribution in [0.25, 0.3) is 0 Å². The minimum atomic E-state index is -0.0712. The third kappa shape index (κ3) is 1.82. The Morgan fingerprint density at radius 1 is 1.25 bits per heavy atom. The second-order valence-corrected chi connectivity index (χ2v) is 4.84. The van der Waals surface area contributed by atoms with Crippen molar-refractivity contribution in [1.82, 2.24) is 0 Å². The van der Waals surface area contributed by atoms with Gasteiger partial charge in [-0.25, -0.2) is 0 Å². The van der Waals surface area contributed by atoms with Gasteiger partial charge in [-0.3, -0.25) is 4.79 Å². The summed E-state index contributed by atoms with van der Waals surface area (Å²) in [5.74, 6) is 1.42. The molecule has 0 heterocycles. The van der Waals surface area contributed by atoms with E-state index < -0.39 is 0 Å². The molecule has 0 saturated heterocycles. The summed E-state index contributed by atoms with van der Waals surface area (Å²) in [6.07, 6.45) is 1.72. The fraction of sp³-hybridized carbons (Fsp3) is 0.417. The van der Waals surface area contributed by atoms with Gasteiger partial charge in [0.25, 0.3) is 0 Å². The number of rotatable bonds is 2. The lowest BCUT2D eigenvalue weighted by Crippen LogP contribution is -2.22. The van der Waals surface area contributed by atoms with Crippen molar-refractivity contribution in [3.8, 4) is 11.5 Å². The molecule has 0 saturated carbocycles. The number of alkyl halides is 1. The summed E-state index contributed by atoms with van der Waals surface area (Å²) in [6.45, 7) is 0. The highest BCUT2D eigenvalue weighted by atomic mass is 79.9. The smallest absolute Gasteiger partial charge is 0.176 e. The minimum Gasteiger partial charge on any atom is -0.493 e. The molecular formula is C12H13BrO3. The van der Waals surface area contributed by atoms with Gasteiger partial charge in [0.1, 0.15) is 0 Å². The number of hydrogen-bond donors (Lipinski definition) is 0. The fourth-order valence-electron chi connectivity index (χ4n) is 1.94. The highest BCUT2D eigenvalue weighted by molar-refractivity contribution is 9.10. The molecule has 86 valence electrons. The minimum absolute atomic E-state index is 0.0712. The first-order chi connectivity index (χ1) is 7.67. The lowest BCUT2D eigenvalue weighted by Gasteiger charge is -2.20. The van der Waals surface area contributed by atoms with Crippen LogP contribution < -0.4 is 9.47 Å². The molecule has 1 aliphatic rings. The van der Waals surface area contributed by atoms with Crippen LogP contribution in [0.4, 0.5) is 0 Å². The number of benzene rings is 1. The lowest BCUT2D eigenvalue weighted by molar-refractivity contribution is 0.0981. The second-order valence-electron chi connectivity index (χ2n) is 3.73. The van der Waals surface area contributed by atoms with Crippen molar-refractivity contribution in [3.05, 3.63) is 23.3 Å². The number of methoxy groups -OCH3 is 2. The molecule has 3 nitrogen and oxygen atoms in total. The molecule has 0 radical (unpaired) electrons. The Balaban J connectivity index is 2.52. The predicted octanol–water partition coefficient (Wildman–Crippen LogP) is 2.60. The molecule has 4 heteroatoms. The van der Waals surface area contributed by atoms with Crippen LogP contribution in [0.15, 0.2) is 12.1 Å². The fourth-order valence-corrected chi connectivity index (χ4v) is 2.41. The molecule has 0 N–H and O–H groups in total. The zero-order valence-corrected chi connectivity index (χ0v) is 10.8. The van der Waals surface area contributed by atoms with E-state index in [1.54, 1.807) is 20.3 Å². The molecule has 1 aromatic carbocycles. The Kier molecular flexibility index (Phi) is 3.19. The quantitative estimate of drug-likeness (QED) is 0.783. The molecule has 1 aromatic rings. The Bertz CT molecular complexity index is 429. The zero-order valence-electron chi connectivity index (χ0n) is 9.25. The summed E-state index contributed by atoms with van der Waals surface area (Å²) in [5, 5.41) is 0. The average Bonchev–Trinajstić information content (AvgIpc) is 2.32. The third-order valence-electron chi connectivity index (χ3n) is 2.83. The molecule has 2 rings (SSSR count). The predicted molar refractivity (Wildman–Crippen MR) is 64.9 cm³/mol. The van der Waals surface area contributed by atoms with E-state index in [2.05, 4.69) is 15.9 Å². The van der Waals surface area contributed by atoms with E-state index in [1.807, 2.05) is 6.07 Å². The number of fused-ring (bicyclic) bond motifs is 1. The summed E-state index contributed by atoms with van der Waals surface area (Å²) in [6, 6.07) is 3.66. The molecular weight excluding hydrogens is 272 g/mol. The molecule has 0 unspecified atom stereocenters. The van der Waals surface area contributed by atoms with Crippen molar-refractivity contribution in [1.29, 1.82) is 0 Å². The standard InChI is InChI=1S/C12H13BrO3/c1-15-10-5-7-3-4-9(13)12(14)8(7)6-11(10)16-2/h5-6,9H,3-4H2,1-2H3/t9-/m0/s1. The highest BCUT2D eigenvalue weighted by Crippen LogP contribution is 2.35. The Morgan fingerprint density at radius 3 is 2.50 bits per heavy atom. The van der Waals surface area contributed by atoms with E-state index in [1.165, 1.54) is 0 Å². The zero-order chi connectivity index (χ0) is 11.7. The van der Waals surface area contributed by atoms with E-state index in [-0.39, 0.29) is 10.6 Å². The lowest BCUT2D eigenvalue weighted by atomic mass is 9.90. The van der Waals surface area contributed by atoms with Gasteiger partial charge >= 0.3 is 0 Å². The number of ketones is 1. The van der Waals surface area contributed by atoms with Crippen molar-refractivity contribution in [2.75, 3.05) is 14.2 Å². The van der Waals surface area contributed by atoms with Gasteiger partial charge in [-0.15, -0.1) is 0 Å². The van der Waals surface area contributed by atoms with Crippen LogP contribution in [0.3, 0.4) is 0 Å². The van der Waals surface area contributed by atoms with Gasteiger partial charge in [0.15, 0.2) is 17.3 Å².